The number of ether oxygens (including phenoxy) is 1. The van der Waals surface area contributed by atoms with Crippen molar-refractivity contribution in [2.45, 2.75) is 32.1 Å². The number of imidazole rings is 1. The number of nitrogens with zero attached hydrogens (tertiary/aromatic N) is 2. The number of thioether (sulfide) groups is 1. The molecule has 2 heterocycles. The molecular formula is C15H21N3O3S. The molecule has 1 unspecified atom stereocenters. The second-order valence-electron chi connectivity index (χ2n) is 5.03. The monoisotopic (exact) mass is 323 g/mol. The molecule has 0 spiro atoms. The van der Waals surface area contributed by atoms with E-state index in [0.29, 0.717) is 6.61 Å². The Morgan fingerprint density at radius 2 is 2.41 bits per heavy atom. The summed E-state index contributed by atoms with van der Waals surface area (Å²) in [4.78, 5) is 27.1. The van der Waals surface area contributed by atoms with E-state index < -0.39 is 0 Å². The highest BCUT2D eigenvalue weighted by atomic mass is 32.2. The summed E-state index contributed by atoms with van der Waals surface area (Å²) in [7, 11) is 0. The van der Waals surface area contributed by atoms with Crippen LogP contribution < -0.4 is 5.32 Å². The maximum atomic E-state index is 11.6. The molecule has 2 rings (SSSR count). The molecule has 0 radical (unpaired) electrons. The predicted molar refractivity (Wildman–Crippen MR) is 86.4 cm³/mol. The molecule has 120 valence electrons. The molecule has 0 bridgehead atoms. The smallest absolute Gasteiger partial charge is 0.325 e. The van der Waals surface area contributed by atoms with Crippen LogP contribution in [0.5, 0.6) is 0 Å². The Hall–Kier alpha value is -1.60. The Labute approximate surface area is 134 Å². The first-order valence-electron chi connectivity index (χ1n) is 7.34. The molecule has 0 aliphatic carbocycles. The van der Waals surface area contributed by atoms with Crippen LogP contribution in [0.15, 0.2) is 18.1 Å². The van der Waals surface area contributed by atoms with E-state index in [-0.39, 0.29) is 22.9 Å². The Bertz CT molecular complexity index is 568. The number of hydrogen-bond acceptors (Lipinski definition) is 6. The lowest BCUT2D eigenvalue weighted by atomic mass is 10.0. The molecule has 22 heavy (non-hydrogen) atoms. The molecule has 1 aromatic rings. The highest BCUT2D eigenvalue weighted by molar-refractivity contribution is 8.14. The number of carbonyl (C=O) groups is 2. The van der Waals surface area contributed by atoms with Crippen LogP contribution in [-0.2, 0) is 20.9 Å². The molecule has 1 N–H and O–H groups in total. The number of aromatic nitrogens is 2. The van der Waals surface area contributed by atoms with Crippen molar-refractivity contribution in [2.75, 3.05) is 19.7 Å². The second kappa shape index (κ2) is 8.14. The van der Waals surface area contributed by atoms with Crippen molar-refractivity contribution in [3.63, 3.8) is 0 Å². The van der Waals surface area contributed by atoms with Crippen molar-refractivity contribution in [3.05, 3.63) is 23.8 Å². The van der Waals surface area contributed by atoms with Gasteiger partial charge in [-0.05, 0) is 31.5 Å². The molecule has 1 atom stereocenters. The van der Waals surface area contributed by atoms with Gasteiger partial charge >= 0.3 is 5.97 Å². The lowest BCUT2D eigenvalue weighted by Crippen LogP contribution is -2.32. The third kappa shape index (κ3) is 4.71. The van der Waals surface area contributed by atoms with Gasteiger partial charge in [0.15, 0.2) is 5.12 Å². The molecule has 0 aromatic carbocycles. The molecule has 1 saturated heterocycles. The zero-order valence-corrected chi connectivity index (χ0v) is 13.7. The summed E-state index contributed by atoms with van der Waals surface area (Å²) in [5.41, 5.74) is 2.00. The average molecular weight is 323 g/mol. The zero-order chi connectivity index (χ0) is 15.9. The van der Waals surface area contributed by atoms with Crippen molar-refractivity contribution in [3.8, 4) is 0 Å². The van der Waals surface area contributed by atoms with Gasteiger partial charge < -0.3 is 14.6 Å². The van der Waals surface area contributed by atoms with Gasteiger partial charge in [-0.3, -0.25) is 9.59 Å². The fraction of sp³-hybridized carbons (Fsp3) is 0.533. The maximum absolute atomic E-state index is 11.6. The standard InChI is InChI=1S/C15H21N3O3S/c1-3-21-15(20)9-18-10-17-8-13(18)6-12-7-16-5-4-14(12)22-11(2)19/h6,8,10,14,16H,3-5,7,9H2,1-2H3. The van der Waals surface area contributed by atoms with E-state index in [1.54, 1.807) is 30.9 Å². The third-order valence-electron chi connectivity index (χ3n) is 3.32. The number of piperidine rings is 1. The summed E-state index contributed by atoms with van der Waals surface area (Å²) < 4.78 is 6.72. The predicted octanol–water partition coefficient (Wildman–Crippen LogP) is 1.47. The summed E-state index contributed by atoms with van der Waals surface area (Å²) in [5.74, 6) is -0.281. The van der Waals surface area contributed by atoms with Gasteiger partial charge in [-0.1, -0.05) is 11.8 Å². The van der Waals surface area contributed by atoms with Crippen molar-refractivity contribution < 1.29 is 14.3 Å². The van der Waals surface area contributed by atoms with Gasteiger partial charge in [0.2, 0.25) is 0 Å². The van der Waals surface area contributed by atoms with Gasteiger partial charge in [0.1, 0.15) is 6.54 Å². The average Bonchev–Trinajstić information content (AvgIpc) is 2.88. The number of carbonyl (C=O) groups excluding carboxylic acids is 2. The van der Waals surface area contributed by atoms with Gasteiger partial charge in [-0.25, -0.2) is 4.98 Å². The molecule has 1 fully saturated rings. The summed E-state index contributed by atoms with van der Waals surface area (Å²) in [5, 5.41) is 3.62. The topological polar surface area (TPSA) is 73.2 Å². The van der Waals surface area contributed by atoms with Gasteiger partial charge in [0, 0.05) is 18.7 Å². The lowest BCUT2D eigenvalue weighted by molar-refractivity contribution is -0.143. The van der Waals surface area contributed by atoms with Gasteiger partial charge in [-0.15, -0.1) is 0 Å². The fourth-order valence-electron chi connectivity index (χ4n) is 2.36. The van der Waals surface area contributed by atoms with E-state index >= 15 is 0 Å². The Morgan fingerprint density at radius 3 is 3.14 bits per heavy atom. The number of hydrogen-bond donors (Lipinski definition) is 1. The minimum absolute atomic E-state index is 0.123. The van der Waals surface area contributed by atoms with Crippen LogP contribution in [0, 0.1) is 0 Å². The zero-order valence-electron chi connectivity index (χ0n) is 12.9. The Morgan fingerprint density at radius 1 is 1.59 bits per heavy atom. The first-order valence-corrected chi connectivity index (χ1v) is 8.22. The van der Waals surface area contributed by atoms with E-state index in [9.17, 15) is 9.59 Å². The van der Waals surface area contributed by atoms with E-state index in [1.807, 2.05) is 6.08 Å². The van der Waals surface area contributed by atoms with Gasteiger partial charge in [-0.2, -0.15) is 0 Å². The third-order valence-corrected chi connectivity index (χ3v) is 4.47. The molecule has 6 nitrogen and oxygen atoms in total. The van der Waals surface area contributed by atoms with Crippen LogP contribution in [0.2, 0.25) is 0 Å². The molecule has 7 heteroatoms. The highest BCUT2D eigenvalue weighted by Gasteiger charge is 2.21. The van der Waals surface area contributed by atoms with Crippen LogP contribution in [0.3, 0.4) is 0 Å². The Balaban J connectivity index is 2.14. The van der Waals surface area contributed by atoms with Crippen LogP contribution in [0.4, 0.5) is 0 Å². The minimum Gasteiger partial charge on any atom is -0.465 e. The van der Waals surface area contributed by atoms with Crippen molar-refractivity contribution in [1.29, 1.82) is 0 Å². The summed E-state index contributed by atoms with van der Waals surface area (Å²) in [6, 6.07) is 0. The van der Waals surface area contributed by atoms with Gasteiger partial charge in [0.05, 0.1) is 24.8 Å². The Kier molecular flexibility index (Phi) is 6.21. The van der Waals surface area contributed by atoms with Crippen molar-refractivity contribution in [1.82, 2.24) is 14.9 Å². The van der Waals surface area contributed by atoms with Crippen LogP contribution in [0.1, 0.15) is 26.0 Å². The summed E-state index contributed by atoms with van der Waals surface area (Å²) in [6.45, 7) is 5.54. The first-order chi connectivity index (χ1) is 10.6. The van der Waals surface area contributed by atoms with Crippen LogP contribution >= 0.6 is 11.8 Å². The summed E-state index contributed by atoms with van der Waals surface area (Å²) in [6.07, 6.45) is 6.27. The van der Waals surface area contributed by atoms with E-state index in [0.717, 1.165) is 30.8 Å². The normalized spacial score (nSPS) is 20.1. The van der Waals surface area contributed by atoms with Crippen molar-refractivity contribution in [2.24, 2.45) is 0 Å². The molecule has 0 saturated carbocycles. The molecule has 1 aromatic heterocycles. The minimum atomic E-state index is -0.281. The molecule has 1 aliphatic heterocycles. The number of esters is 1. The second-order valence-corrected chi connectivity index (χ2v) is 6.41. The molecule has 1 aliphatic rings. The van der Waals surface area contributed by atoms with E-state index in [1.165, 1.54) is 11.8 Å². The van der Waals surface area contributed by atoms with E-state index in [4.69, 9.17) is 4.74 Å². The quantitative estimate of drug-likeness (QED) is 0.827. The summed E-state index contributed by atoms with van der Waals surface area (Å²) >= 11 is 1.36. The largest absolute Gasteiger partial charge is 0.465 e. The lowest BCUT2D eigenvalue weighted by Gasteiger charge is -2.25. The number of nitrogens with one attached hydrogen (secondary N) is 1. The molecule has 0 amide bonds. The first kappa shape index (κ1) is 16.8. The SMILES string of the molecule is CCOC(=O)Cn1cncc1C=C1CNCCC1SC(C)=O. The maximum Gasteiger partial charge on any atom is 0.325 e. The fourth-order valence-corrected chi connectivity index (χ4v) is 3.30. The number of rotatable bonds is 5. The van der Waals surface area contributed by atoms with Crippen molar-refractivity contribution >= 4 is 28.9 Å². The van der Waals surface area contributed by atoms with Crippen LogP contribution in [-0.4, -0.2) is 45.6 Å². The van der Waals surface area contributed by atoms with Gasteiger partial charge in [0.25, 0.3) is 0 Å². The van der Waals surface area contributed by atoms with E-state index in [2.05, 4.69) is 10.3 Å². The highest BCUT2D eigenvalue weighted by Crippen LogP contribution is 2.27. The molecular weight excluding hydrogens is 302 g/mol. The van der Waals surface area contributed by atoms with Crippen LogP contribution in [0.25, 0.3) is 6.08 Å².